The lowest BCUT2D eigenvalue weighted by atomic mass is 10.0. The van der Waals surface area contributed by atoms with Gasteiger partial charge in [0.1, 0.15) is 5.54 Å². The van der Waals surface area contributed by atoms with Crippen LogP contribution in [0.4, 0.5) is 0 Å². The maximum absolute atomic E-state index is 11.6. The summed E-state index contributed by atoms with van der Waals surface area (Å²) in [4.78, 5) is 11.6. The van der Waals surface area contributed by atoms with Gasteiger partial charge < -0.3 is 14.8 Å². The van der Waals surface area contributed by atoms with Crippen LogP contribution in [0, 0.1) is 5.92 Å². The van der Waals surface area contributed by atoms with E-state index in [1.54, 1.807) is 6.92 Å². The third kappa shape index (κ3) is 5.47. The molecule has 96 valence electrons. The van der Waals surface area contributed by atoms with Gasteiger partial charge in [0.05, 0.1) is 13.7 Å². The van der Waals surface area contributed by atoms with Crippen LogP contribution >= 0.6 is 0 Å². The molecule has 0 aromatic rings. The molecule has 0 aliphatic rings. The Hall–Kier alpha value is -0.610. The number of hydrogen-bond donors (Lipinski definition) is 1. The van der Waals surface area contributed by atoms with Crippen molar-refractivity contribution in [2.75, 3.05) is 26.9 Å². The van der Waals surface area contributed by atoms with Gasteiger partial charge in [0.2, 0.25) is 0 Å². The van der Waals surface area contributed by atoms with Crippen LogP contribution < -0.4 is 5.32 Å². The van der Waals surface area contributed by atoms with Gasteiger partial charge in [-0.15, -0.1) is 0 Å². The topological polar surface area (TPSA) is 47.6 Å². The molecule has 1 atom stereocenters. The highest BCUT2D eigenvalue weighted by Crippen LogP contribution is 2.08. The first-order valence-electron chi connectivity index (χ1n) is 5.87. The van der Waals surface area contributed by atoms with Crippen molar-refractivity contribution in [1.82, 2.24) is 5.32 Å². The largest absolute Gasteiger partial charge is 0.468 e. The van der Waals surface area contributed by atoms with Gasteiger partial charge in [-0.2, -0.15) is 0 Å². The van der Waals surface area contributed by atoms with Crippen molar-refractivity contribution in [3.8, 4) is 0 Å². The van der Waals surface area contributed by atoms with Crippen LogP contribution in [-0.4, -0.2) is 38.4 Å². The number of rotatable bonds is 8. The number of hydrogen-bond acceptors (Lipinski definition) is 4. The molecule has 0 aromatic carbocycles. The monoisotopic (exact) mass is 231 g/mol. The Morgan fingerprint density at radius 3 is 2.50 bits per heavy atom. The molecule has 1 unspecified atom stereocenters. The van der Waals surface area contributed by atoms with Gasteiger partial charge in [-0.25, -0.2) is 4.79 Å². The summed E-state index contributed by atoms with van der Waals surface area (Å²) in [5.41, 5.74) is -0.736. The highest BCUT2D eigenvalue weighted by Gasteiger charge is 2.33. The van der Waals surface area contributed by atoms with E-state index in [2.05, 4.69) is 19.2 Å². The number of likely N-dealkylation sites (N-methyl/N-ethyl adjacent to an activating group) is 1. The second-order valence-corrected chi connectivity index (χ2v) is 4.59. The standard InChI is InChI=1S/C12H25NO3/c1-6-13-12(4,11(14)15-5)9-16-8-7-10(2)3/h10,13H,6-9H2,1-5H3. The van der Waals surface area contributed by atoms with Crippen molar-refractivity contribution in [3.63, 3.8) is 0 Å². The first-order chi connectivity index (χ1) is 7.46. The van der Waals surface area contributed by atoms with Crippen LogP contribution in [0.3, 0.4) is 0 Å². The van der Waals surface area contributed by atoms with Crippen LogP contribution in [0.1, 0.15) is 34.1 Å². The molecule has 4 nitrogen and oxygen atoms in total. The molecule has 0 aromatic heterocycles. The summed E-state index contributed by atoms with van der Waals surface area (Å²) < 4.78 is 10.3. The molecule has 0 bridgehead atoms. The molecule has 4 heteroatoms. The molecular formula is C12H25NO3. The van der Waals surface area contributed by atoms with Gasteiger partial charge in [-0.1, -0.05) is 20.8 Å². The lowest BCUT2D eigenvalue weighted by Crippen LogP contribution is -2.53. The smallest absolute Gasteiger partial charge is 0.328 e. The Morgan fingerprint density at radius 2 is 2.06 bits per heavy atom. The second-order valence-electron chi connectivity index (χ2n) is 4.59. The summed E-state index contributed by atoms with van der Waals surface area (Å²) in [7, 11) is 1.39. The molecule has 1 N–H and O–H groups in total. The first-order valence-corrected chi connectivity index (χ1v) is 5.87. The Bertz CT molecular complexity index is 206. The summed E-state index contributed by atoms with van der Waals surface area (Å²) in [6.07, 6.45) is 1.00. The minimum absolute atomic E-state index is 0.279. The van der Waals surface area contributed by atoms with Gasteiger partial charge >= 0.3 is 5.97 Å². The Kier molecular flexibility index (Phi) is 7.34. The van der Waals surface area contributed by atoms with Crippen LogP contribution in [0.5, 0.6) is 0 Å². The Balaban J connectivity index is 4.07. The summed E-state index contributed by atoms with van der Waals surface area (Å²) in [5, 5.41) is 3.10. The SMILES string of the molecule is CCNC(C)(COCCC(C)C)C(=O)OC. The third-order valence-electron chi connectivity index (χ3n) is 2.43. The van der Waals surface area contributed by atoms with Crippen LogP contribution in [0.15, 0.2) is 0 Å². The van der Waals surface area contributed by atoms with Crippen LogP contribution in [-0.2, 0) is 14.3 Å². The molecule has 0 amide bonds. The van der Waals surface area contributed by atoms with Gasteiger partial charge in [-0.05, 0) is 25.8 Å². The lowest BCUT2D eigenvalue weighted by Gasteiger charge is -2.27. The van der Waals surface area contributed by atoms with E-state index in [1.165, 1.54) is 7.11 Å². The van der Waals surface area contributed by atoms with E-state index in [1.807, 2.05) is 6.92 Å². The molecule has 0 spiro atoms. The van der Waals surface area contributed by atoms with Gasteiger partial charge in [0, 0.05) is 6.61 Å². The van der Waals surface area contributed by atoms with Crippen LogP contribution in [0.2, 0.25) is 0 Å². The van der Waals surface area contributed by atoms with Crippen molar-refractivity contribution in [2.45, 2.75) is 39.7 Å². The fourth-order valence-corrected chi connectivity index (χ4v) is 1.39. The van der Waals surface area contributed by atoms with Crippen molar-refractivity contribution in [2.24, 2.45) is 5.92 Å². The molecule has 0 rings (SSSR count). The van der Waals surface area contributed by atoms with Crippen molar-refractivity contribution in [1.29, 1.82) is 0 Å². The average molecular weight is 231 g/mol. The second kappa shape index (κ2) is 7.63. The van der Waals surface area contributed by atoms with E-state index in [-0.39, 0.29) is 5.97 Å². The van der Waals surface area contributed by atoms with E-state index in [4.69, 9.17) is 9.47 Å². The fraction of sp³-hybridized carbons (Fsp3) is 0.917. The molecule has 0 radical (unpaired) electrons. The summed E-state index contributed by atoms with van der Waals surface area (Å²) in [6.45, 7) is 9.78. The van der Waals surface area contributed by atoms with E-state index >= 15 is 0 Å². The zero-order valence-corrected chi connectivity index (χ0v) is 11.1. The maximum Gasteiger partial charge on any atom is 0.328 e. The molecule has 0 heterocycles. The van der Waals surface area contributed by atoms with Crippen molar-refractivity contribution in [3.05, 3.63) is 0 Å². The van der Waals surface area contributed by atoms with E-state index < -0.39 is 5.54 Å². The van der Waals surface area contributed by atoms with Gasteiger partial charge in [0.25, 0.3) is 0 Å². The highest BCUT2D eigenvalue weighted by atomic mass is 16.5. The molecule has 0 saturated heterocycles. The lowest BCUT2D eigenvalue weighted by molar-refractivity contribution is -0.150. The summed E-state index contributed by atoms with van der Waals surface area (Å²) in [5.74, 6) is 0.336. The fourth-order valence-electron chi connectivity index (χ4n) is 1.39. The van der Waals surface area contributed by atoms with E-state index in [9.17, 15) is 4.79 Å². The van der Waals surface area contributed by atoms with Gasteiger partial charge in [-0.3, -0.25) is 0 Å². The normalized spacial score (nSPS) is 14.9. The highest BCUT2D eigenvalue weighted by molar-refractivity contribution is 5.80. The van der Waals surface area contributed by atoms with Crippen LogP contribution in [0.25, 0.3) is 0 Å². The summed E-state index contributed by atoms with van der Waals surface area (Å²) in [6, 6.07) is 0. The predicted octanol–water partition coefficient (Wildman–Crippen LogP) is 1.59. The molecular weight excluding hydrogens is 206 g/mol. The molecule has 0 saturated carbocycles. The minimum atomic E-state index is -0.736. The minimum Gasteiger partial charge on any atom is -0.468 e. The molecule has 0 aliphatic heterocycles. The Labute approximate surface area is 98.7 Å². The molecule has 0 fully saturated rings. The van der Waals surface area contributed by atoms with Crippen molar-refractivity contribution >= 4 is 5.97 Å². The Morgan fingerprint density at radius 1 is 1.44 bits per heavy atom. The maximum atomic E-state index is 11.6. The number of ether oxygens (including phenoxy) is 2. The van der Waals surface area contributed by atoms with E-state index in [0.29, 0.717) is 25.7 Å². The first kappa shape index (κ1) is 15.4. The van der Waals surface area contributed by atoms with E-state index in [0.717, 1.165) is 6.42 Å². The van der Waals surface area contributed by atoms with Crippen molar-refractivity contribution < 1.29 is 14.3 Å². The quantitative estimate of drug-likeness (QED) is 0.509. The number of carbonyl (C=O) groups is 1. The molecule has 16 heavy (non-hydrogen) atoms. The number of carbonyl (C=O) groups excluding carboxylic acids is 1. The number of esters is 1. The molecule has 0 aliphatic carbocycles. The zero-order chi connectivity index (χ0) is 12.6. The number of methoxy groups -OCH3 is 1. The summed E-state index contributed by atoms with van der Waals surface area (Å²) >= 11 is 0. The van der Waals surface area contributed by atoms with Gasteiger partial charge in [0.15, 0.2) is 0 Å². The average Bonchev–Trinajstić information content (AvgIpc) is 2.23. The number of nitrogens with one attached hydrogen (secondary N) is 1. The predicted molar refractivity (Wildman–Crippen MR) is 64.4 cm³/mol. The zero-order valence-electron chi connectivity index (χ0n) is 11.1. The third-order valence-corrected chi connectivity index (χ3v) is 2.43.